The standard InChI is InChI=1S/C11H19N5O/c1-11(2,3)16-6-4-15(5-7-16)10(17)9-8-12-14-13-9/h8H,4-7H2,1-3H3,(H,12,13,14). The molecular weight excluding hydrogens is 218 g/mol. The molecule has 94 valence electrons. The van der Waals surface area contributed by atoms with Crippen LogP contribution in [0.25, 0.3) is 0 Å². The first-order valence-electron chi connectivity index (χ1n) is 5.88. The highest BCUT2D eigenvalue weighted by atomic mass is 16.2. The molecule has 1 amide bonds. The third-order valence-corrected chi connectivity index (χ3v) is 3.15. The minimum atomic E-state index is -0.0349. The van der Waals surface area contributed by atoms with E-state index in [9.17, 15) is 4.79 Å². The second kappa shape index (κ2) is 4.44. The summed E-state index contributed by atoms with van der Waals surface area (Å²) in [6.07, 6.45) is 1.47. The van der Waals surface area contributed by atoms with Crippen LogP contribution in [0.1, 0.15) is 31.3 Å². The van der Waals surface area contributed by atoms with Gasteiger partial charge in [0, 0.05) is 31.7 Å². The van der Waals surface area contributed by atoms with Crippen molar-refractivity contribution in [3.05, 3.63) is 11.9 Å². The topological polar surface area (TPSA) is 65.1 Å². The van der Waals surface area contributed by atoms with Crippen LogP contribution in [-0.2, 0) is 0 Å². The summed E-state index contributed by atoms with van der Waals surface area (Å²) in [7, 11) is 0. The summed E-state index contributed by atoms with van der Waals surface area (Å²) in [6, 6.07) is 0. The van der Waals surface area contributed by atoms with E-state index in [0.29, 0.717) is 5.69 Å². The van der Waals surface area contributed by atoms with Crippen molar-refractivity contribution >= 4 is 5.91 Å². The highest BCUT2D eigenvalue weighted by Gasteiger charge is 2.28. The normalized spacial score (nSPS) is 18.4. The van der Waals surface area contributed by atoms with E-state index in [1.165, 1.54) is 6.20 Å². The molecule has 0 spiro atoms. The minimum absolute atomic E-state index is 0.0349. The van der Waals surface area contributed by atoms with E-state index in [1.807, 2.05) is 4.90 Å². The van der Waals surface area contributed by atoms with Gasteiger partial charge in [0.2, 0.25) is 0 Å². The number of aromatic nitrogens is 3. The van der Waals surface area contributed by atoms with Crippen LogP contribution in [0.2, 0.25) is 0 Å². The van der Waals surface area contributed by atoms with Gasteiger partial charge in [-0.3, -0.25) is 9.69 Å². The number of nitrogens with one attached hydrogen (secondary N) is 1. The Morgan fingerprint density at radius 1 is 1.29 bits per heavy atom. The Morgan fingerprint density at radius 2 is 1.94 bits per heavy atom. The molecular formula is C11H19N5O. The van der Waals surface area contributed by atoms with Gasteiger partial charge in [-0.15, -0.1) is 0 Å². The molecule has 1 aliphatic rings. The Balaban J connectivity index is 1.94. The van der Waals surface area contributed by atoms with Crippen LogP contribution >= 0.6 is 0 Å². The highest BCUT2D eigenvalue weighted by Crippen LogP contribution is 2.16. The summed E-state index contributed by atoms with van der Waals surface area (Å²) in [5.41, 5.74) is 0.567. The minimum Gasteiger partial charge on any atom is -0.335 e. The number of hydrogen-bond donors (Lipinski definition) is 1. The van der Waals surface area contributed by atoms with Gasteiger partial charge >= 0.3 is 0 Å². The number of amides is 1. The van der Waals surface area contributed by atoms with E-state index in [0.717, 1.165) is 26.2 Å². The lowest BCUT2D eigenvalue weighted by Gasteiger charge is -2.42. The zero-order chi connectivity index (χ0) is 12.5. The van der Waals surface area contributed by atoms with Crippen LogP contribution in [0.15, 0.2) is 6.20 Å². The average molecular weight is 237 g/mol. The highest BCUT2D eigenvalue weighted by molar-refractivity contribution is 5.91. The lowest BCUT2D eigenvalue weighted by atomic mass is 10.0. The van der Waals surface area contributed by atoms with Crippen LogP contribution in [0.5, 0.6) is 0 Å². The maximum atomic E-state index is 12.0. The maximum Gasteiger partial charge on any atom is 0.276 e. The Labute approximate surface area is 101 Å². The van der Waals surface area contributed by atoms with Gasteiger partial charge in [-0.1, -0.05) is 0 Å². The molecule has 1 fully saturated rings. The number of hydrogen-bond acceptors (Lipinski definition) is 4. The lowest BCUT2D eigenvalue weighted by Crippen LogP contribution is -2.54. The van der Waals surface area contributed by atoms with Crippen molar-refractivity contribution < 1.29 is 4.79 Å². The van der Waals surface area contributed by atoms with Crippen molar-refractivity contribution in [3.63, 3.8) is 0 Å². The van der Waals surface area contributed by atoms with Crippen LogP contribution < -0.4 is 0 Å². The van der Waals surface area contributed by atoms with Gasteiger partial charge in [-0.05, 0) is 20.8 Å². The van der Waals surface area contributed by atoms with Gasteiger partial charge in [0.05, 0.1) is 6.20 Å². The predicted octanol–water partition coefficient (Wildman–Crippen LogP) is 0.361. The molecule has 0 aliphatic carbocycles. The molecule has 1 aliphatic heterocycles. The Morgan fingerprint density at radius 3 is 2.41 bits per heavy atom. The third kappa shape index (κ3) is 2.63. The zero-order valence-electron chi connectivity index (χ0n) is 10.6. The molecule has 1 saturated heterocycles. The van der Waals surface area contributed by atoms with Gasteiger partial charge in [-0.2, -0.15) is 15.4 Å². The summed E-state index contributed by atoms with van der Waals surface area (Å²) in [5, 5.41) is 9.94. The quantitative estimate of drug-likeness (QED) is 0.766. The average Bonchev–Trinajstić information content (AvgIpc) is 2.80. The fourth-order valence-corrected chi connectivity index (χ4v) is 2.05. The largest absolute Gasteiger partial charge is 0.335 e. The summed E-state index contributed by atoms with van der Waals surface area (Å²) in [4.78, 5) is 16.2. The lowest BCUT2D eigenvalue weighted by molar-refractivity contribution is 0.0446. The summed E-state index contributed by atoms with van der Waals surface area (Å²) in [6.45, 7) is 9.92. The number of rotatable bonds is 1. The van der Waals surface area contributed by atoms with Crippen molar-refractivity contribution in [3.8, 4) is 0 Å². The molecule has 17 heavy (non-hydrogen) atoms. The number of aromatic amines is 1. The first-order chi connectivity index (χ1) is 7.98. The van der Waals surface area contributed by atoms with E-state index in [4.69, 9.17) is 0 Å². The van der Waals surface area contributed by atoms with E-state index in [-0.39, 0.29) is 11.4 Å². The maximum absolute atomic E-state index is 12.0. The van der Waals surface area contributed by atoms with E-state index in [2.05, 4.69) is 41.1 Å². The van der Waals surface area contributed by atoms with Crippen molar-refractivity contribution in [2.75, 3.05) is 26.2 Å². The first kappa shape index (κ1) is 12.0. The Kier molecular flexibility index (Phi) is 3.15. The molecule has 1 aromatic heterocycles. The van der Waals surface area contributed by atoms with Crippen LogP contribution in [0.4, 0.5) is 0 Å². The van der Waals surface area contributed by atoms with Crippen LogP contribution in [0.3, 0.4) is 0 Å². The Bertz CT molecular complexity index is 373. The number of nitrogens with zero attached hydrogens (tertiary/aromatic N) is 4. The smallest absolute Gasteiger partial charge is 0.276 e. The number of carbonyl (C=O) groups is 1. The summed E-state index contributed by atoms with van der Waals surface area (Å²) in [5.74, 6) is -0.0349. The third-order valence-electron chi connectivity index (χ3n) is 3.15. The molecule has 0 bridgehead atoms. The molecule has 0 saturated carbocycles. The molecule has 6 nitrogen and oxygen atoms in total. The van der Waals surface area contributed by atoms with Crippen LogP contribution in [0, 0.1) is 0 Å². The van der Waals surface area contributed by atoms with Crippen molar-refractivity contribution in [2.24, 2.45) is 0 Å². The summed E-state index contributed by atoms with van der Waals surface area (Å²) >= 11 is 0. The molecule has 2 heterocycles. The van der Waals surface area contributed by atoms with Crippen molar-refractivity contribution in [1.82, 2.24) is 25.2 Å². The fraction of sp³-hybridized carbons (Fsp3) is 0.727. The monoisotopic (exact) mass is 237 g/mol. The second-order valence-corrected chi connectivity index (χ2v) is 5.31. The van der Waals surface area contributed by atoms with Gasteiger partial charge in [0.25, 0.3) is 5.91 Å². The van der Waals surface area contributed by atoms with Gasteiger partial charge < -0.3 is 4.90 Å². The molecule has 0 aromatic carbocycles. The molecule has 2 rings (SSSR count). The number of carbonyl (C=O) groups excluding carboxylic acids is 1. The molecule has 0 radical (unpaired) electrons. The number of piperazine rings is 1. The van der Waals surface area contributed by atoms with Gasteiger partial charge in [0.1, 0.15) is 0 Å². The second-order valence-electron chi connectivity index (χ2n) is 5.31. The predicted molar refractivity (Wildman–Crippen MR) is 63.6 cm³/mol. The number of H-pyrrole nitrogens is 1. The fourth-order valence-electron chi connectivity index (χ4n) is 2.05. The zero-order valence-corrected chi connectivity index (χ0v) is 10.6. The van der Waals surface area contributed by atoms with E-state index >= 15 is 0 Å². The molecule has 0 unspecified atom stereocenters. The molecule has 6 heteroatoms. The van der Waals surface area contributed by atoms with Crippen molar-refractivity contribution in [2.45, 2.75) is 26.3 Å². The molecule has 1 N–H and O–H groups in total. The molecule has 0 atom stereocenters. The van der Waals surface area contributed by atoms with E-state index in [1.54, 1.807) is 0 Å². The van der Waals surface area contributed by atoms with Crippen molar-refractivity contribution in [1.29, 1.82) is 0 Å². The SMILES string of the molecule is CC(C)(C)N1CCN(C(=O)c2cn[nH]n2)CC1. The van der Waals surface area contributed by atoms with E-state index < -0.39 is 0 Å². The Hall–Kier alpha value is -1.43. The van der Waals surface area contributed by atoms with Gasteiger partial charge in [0.15, 0.2) is 5.69 Å². The molecule has 1 aromatic rings. The van der Waals surface area contributed by atoms with Gasteiger partial charge in [-0.25, -0.2) is 0 Å². The summed E-state index contributed by atoms with van der Waals surface area (Å²) < 4.78 is 0. The first-order valence-corrected chi connectivity index (χ1v) is 5.88. The van der Waals surface area contributed by atoms with Crippen LogP contribution in [-0.4, -0.2) is 62.8 Å².